The Labute approximate surface area is 109 Å². The zero-order valence-corrected chi connectivity index (χ0v) is 11.0. The summed E-state index contributed by atoms with van der Waals surface area (Å²) < 4.78 is 5.69. The molecule has 1 aliphatic carbocycles. The molecule has 1 aliphatic rings. The summed E-state index contributed by atoms with van der Waals surface area (Å²) >= 11 is 0. The lowest BCUT2D eigenvalue weighted by Gasteiger charge is -2.13. The minimum absolute atomic E-state index is 0.208. The van der Waals surface area contributed by atoms with Crippen LogP contribution in [0.2, 0.25) is 0 Å². The maximum absolute atomic E-state index is 9.03. The minimum atomic E-state index is -0.208. The van der Waals surface area contributed by atoms with E-state index in [1.807, 2.05) is 12.1 Å². The summed E-state index contributed by atoms with van der Waals surface area (Å²) in [7, 11) is 0. The standard InChI is InChI=1S/C15H20N2O/c1-11(2)12-4-3-5-15(8-12)18-10-14(9-16)17-13-6-7-13/h3-5,8,11,13-14,17H,6-7,10H2,1-2H3. The molecule has 0 aromatic heterocycles. The Morgan fingerprint density at radius 1 is 1.44 bits per heavy atom. The quantitative estimate of drug-likeness (QED) is 0.837. The van der Waals surface area contributed by atoms with Crippen LogP contribution in [0.25, 0.3) is 0 Å². The van der Waals surface area contributed by atoms with Gasteiger partial charge in [0.15, 0.2) is 0 Å². The predicted molar refractivity (Wildman–Crippen MR) is 71.6 cm³/mol. The average Bonchev–Trinajstić information content (AvgIpc) is 3.18. The van der Waals surface area contributed by atoms with E-state index in [1.54, 1.807) is 0 Å². The van der Waals surface area contributed by atoms with E-state index in [4.69, 9.17) is 10.00 Å². The Hall–Kier alpha value is -1.53. The predicted octanol–water partition coefficient (Wildman–Crippen LogP) is 2.83. The van der Waals surface area contributed by atoms with Crippen molar-refractivity contribution in [2.75, 3.05) is 6.61 Å². The maximum Gasteiger partial charge on any atom is 0.130 e. The van der Waals surface area contributed by atoms with E-state index in [-0.39, 0.29) is 6.04 Å². The highest BCUT2D eigenvalue weighted by atomic mass is 16.5. The molecule has 1 fully saturated rings. The van der Waals surface area contributed by atoms with Gasteiger partial charge in [-0.15, -0.1) is 0 Å². The Morgan fingerprint density at radius 3 is 2.83 bits per heavy atom. The number of nitriles is 1. The Balaban J connectivity index is 1.88. The van der Waals surface area contributed by atoms with Crippen LogP contribution in [0.1, 0.15) is 38.2 Å². The number of benzene rings is 1. The molecule has 3 nitrogen and oxygen atoms in total. The molecule has 96 valence electrons. The Kier molecular flexibility index (Phi) is 4.22. The summed E-state index contributed by atoms with van der Waals surface area (Å²) in [4.78, 5) is 0. The molecule has 18 heavy (non-hydrogen) atoms. The molecule has 0 bridgehead atoms. The number of nitrogens with zero attached hydrogens (tertiary/aromatic N) is 1. The number of nitrogens with one attached hydrogen (secondary N) is 1. The SMILES string of the molecule is CC(C)c1cccc(OCC(C#N)NC2CC2)c1. The molecular formula is C15H20N2O. The summed E-state index contributed by atoms with van der Waals surface area (Å²) in [6.07, 6.45) is 2.36. The first-order valence-electron chi connectivity index (χ1n) is 6.57. The van der Waals surface area contributed by atoms with Gasteiger partial charge >= 0.3 is 0 Å². The van der Waals surface area contributed by atoms with Gasteiger partial charge in [-0.25, -0.2) is 0 Å². The van der Waals surface area contributed by atoms with Gasteiger partial charge in [0.05, 0.1) is 6.07 Å². The zero-order valence-electron chi connectivity index (χ0n) is 11.0. The number of hydrogen-bond acceptors (Lipinski definition) is 3. The zero-order chi connectivity index (χ0) is 13.0. The van der Waals surface area contributed by atoms with Crippen LogP contribution in [0, 0.1) is 11.3 Å². The van der Waals surface area contributed by atoms with Crippen LogP contribution in [0.5, 0.6) is 5.75 Å². The van der Waals surface area contributed by atoms with Crippen molar-refractivity contribution in [3.8, 4) is 11.8 Å². The Morgan fingerprint density at radius 2 is 2.22 bits per heavy atom. The van der Waals surface area contributed by atoms with E-state index in [2.05, 4.69) is 37.4 Å². The average molecular weight is 244 g/mol. The highest BCUT2D eigenvalue weighted by Gasteiger charge is 2.24. The van der Waals surface area contributed by atoms with Crippen LogP contribution >= 0.6 is 0 Å². The molecule has 1 unspecified atom stereocenters. The fraction of sp³-hybridized carbons (Fsp3) is 0.533. The van der Waals surface area contributed by atoms with Crippen molar-refractivity contribution in [1.29, 1.82) is 5.26 Å². The first kappa shape index (κ1) is 12.9. The topological polar surface area (TPSA) is 45.0 Å². The number of rotatable bonds is 6. The van der Waals surface area contributed by atoms with Crippen LogP contribution in [-0.2, 0) is 0 Å². The first-order valence-corrected chi connectivity index (χ1v) is 6.57. The van der Waals surface area contributed by atoms with E-state index in [0.29, 0.717) is 18.6 Å². The minimum Gasteiger partial charge on any atom is -0.491 e. The van der Waals surface area contributed by atoms with E-state index in [0.717, 1.165) is 5.75 Å². The van der Waals surface area contributed by atoms with Crippen molar-refractivity contribution in [1.82, 2.24) is 5.32 Å². The maximum atomic E-state index is 9.03. The molecule has 1 atom stereocenters. The molecule has 1 aromatic rings. The normalized spacial score (nSPS) is 16.3. The largest absolute Gasteiger partial charge is 0.491 e. The van der Waals surface area contributed by atoms with Crippen LogP contribution in [0.3, 0.4) is 0 Å². The van der Waals surface area contributed by atoms with Crippen LogP contribution < -0.4 is 10.1 Å². The Bertz CT molecular complexity index is 432. The van der Waals surface area contributed by atoms with Gasteiger partial charge in [-0.05, 0) is 36.5 Å². The van der Waals surface area contributed by atoms with Gasteiger partial charge in [0.1, 0.15) is 18.4 Å². The van der Waals surface area contributed by atoms with Crippen molar-refractivity contribution < 1.29 is 4.74 Å². The second-order valence-corrected chi connectivity index (χ2v) is 5.16. The van der Waals surface area contributed by atoms with Gasteiger partial charge in [0.2, 0.25) is 0 Å². The molecule has 0 radical (unpaired) electrons. The molecule has 0 saturated heterocycles. The molecule has 0 spiro atoms. The van der Waals surface area contributed by atoms with Crippen molar-refractivity contribution in [2.45, 2.75) is 44.7 Å². The fourth-order valence-electron chi connectivity index (χ4n) is 1.80. The summed E-state index contributed by atoms with van der Waals surface area (Å²) in [6, 6.07) is 10.7. The first-order chi connectivity index (χ1) is 8.69. The molecule has 2 rings (SSSR count). The third kappa shape index (κ3) is 3.75. The second kappa shape index (κ2) is 5.88. The third-order valence-corrected chi connectivity index (χ3v) is 3.11. The molecule has 0 heterocycles. The fourth-order valence-corrected chi connectivity index (χ4v) is 1.80. The van der Waals surface area contributed by atoms with Crippen LogP contribution in [-0.4, -0.2) is 18.7 Å². The van der Waals surface area contributed by atoms with Gasteiger partial charge in [0.25, 0.3) is 0 Å². The highest BCUT2D eigenvalue weighted by molar-refractivity contribution is 5.30. The summed E-state index contributed by atoms with van der Waals surface area (Å²) in [5, 5.41) is 12.3. The smallest absolute Gasteiger partial charge is 0.130 e. The summed E-state index contributed by atoms with van der Waals surface area (Å²) in [6.45, 7) is 4.73. The van der Waals surface area contributed by atoms with Crippen molar-refractivity contribution in [2.24, 2.45) is 0 Å². The summed E-state index contributed by atoms with van der Waals surface area (Å²) in [5.41, 5.74) is 1.26. The lowest BCUT2D eigenvalue weighted by Crippen LogP contribution is -2.34. The van der Waals surface area contributed by atoms with Crippen LogP contribution in [0.4, 0.5) is 0 Å². The molecule has 0 aliphatic heterocycles. The van der Waals surface area contributed by atoms with Gasteiger partial charge in [-0.3, -0.25) is 5.32 Å². The van der Waals surface area contributed by atoms with Gasteiger partial charge < -0.3 is 4.74 Å². The van der Waals surface area contributed by atoms with E-state index >= 15 is 0 Å². The molecule has 3 heteroatoms. The van der Waals surface area contributed by atoms with Gasteiger partial charge in [0, 0.05) is 6.04 Å². The third-order valence-electron chi connectivity index (χ3n) is 3.11. The van der Waals surface area contributed by atoms with Gasteiger partial charge in [-0.2, -0.15) is 5.26 Å². The monoisotopic (exact) mass is 244 g/mol. The van der Waals surface area contributed by atoms with Crippen molar-refractivity contribution in [3.05, 3.63) is 29.8 Å². The highest BCUT2D eigenvalue weighted by Crippen LogP contribution is 2.21. The molecular weight excluding hydrogens is 224 g/mol. The van der Waals surface area contributed by atoms with E-state index < -0.39 is 0 Å². The molecule has 1 N–H and O–H groups in total. The van der Waals surface area contributed by atoms with Crippen molar-refractivity contribution in [3.63, 3.8) is 0 Å². The number of hydrogen-bond donors (Lipinski definition) is 1. The molecule has 0 amide bonds. The van der Waals surface area contributed by atoms with E-state index in [9.17, 15) is 0 Å². The lowest BCUT2D eigenvalue weighted by atomic mass is 10.0. The van der Waals surface area contributed by atoms with Crippen molar-refractivity contribution >= 4 is 0 Å². The molecule has 1 aromatic carbocycles. The van der Waals surface area contributed by atoms with Crippen LogP contribution in [0.15, 0.2) is 24.3 Å². The summed E-state index contributed by atoms with van der Waals surface area (Å²) in [5.74, 6) is 1.34. The number of ether oxygens (including phenoxy) is 1. The van der Waals surface area contributed by atoms with E-state index in [1.165, 1.54) is 18.4 Å². The van der Waals surface area contributed by atoms with Gasteiger partial charge in [-0.1, -0.05) is 26.0 Å². The second-order valence-electron chi connectivity index (χ2n) is 5.16. The lowest BCUT2D eigenvalue weighted by molar-refractivity contribution is 0.288. The molecule has 1 saturated carbocycles.